The number of anilines is 2. The number of fused-ring (bicyclic) bond motifs is 1. The molecule has 4 rings (SSSR count). The van der Waals surface area contributed by atoms with Crippen molar-refractivity contribution >= 4 is 36.8 Å². The summed E-state index contributed by atoms with van der Waals surface area (Å²) in [5.74, 6) is 1.12. The number of aromatic nitrogens is 5. The monoisotopic (exact) mass is 526 g/mol. The van der Waals surface area contributed by atoms with Crippen molar-refractivity contribution < 1.29 is 14.6 Å². The minimum atomic E-state index is -1.22. The summed E-state index contributed by atoms with van der Waals surface area (Å²) in [6.07, 6.45) is 2.30. The summed E-state index contributed by atoms with van der Waals surface area (Å²) in [6, 6.07) is 4.51. The number of nitrogens with zero attached hydrogens (tertiary/aromatic N) is 7. The number of pyridine rings is 1. The molecule has 1 amide bonds. The van der Waals surface area contributed by atoms with E-state index in [2.05, 4.69) is 60.3 Å². The molecule has 1 unspecified atom stereocenters. The van der Waals surface area contributed by atoms with Gasteiger partial charge in [-0.2, -0.15) is 5.10 Å². The fourth-order valence-electron chi connectivity index (χ4n) is 4.60. The van der Waals surface area contributed by atoms with Crippen molar-refractivity contribution in [2.75, 3.05) is 36.9 Å². The van der Waals surface area contributed by atoms with E-state index in [1.807, 2.05) is 6.07 Å². The van der Waals surface area contributed by atoms with Crippen molar-refractivity contribution in [3.8, 4) is 11.3 Å². The average molecular weight is 527 g/mol. The molecule has 0 spiro atoms. The van der Waals surface area contributed by atoms with Gasteiger partial charge >= 0.3 is 6.09 Å². The molecule has 1 atom stereocenters. The number of carboxylic acid groups (broad SMARTS) is 1. The van der Waals surface area contributed by atoms with Crippen LogP contribution in [-0.2, 0) is 11.5 Å². The standard InChI is InChI=1S/C25H38N8O3Si/c1-25(2,3)18-14-31(9-10-32(18)24(34)35)22-20-21(17-7-8-27-19(26)13-17)30-33(23(20)29-15-28-22)16-36-11-12-37(4,5)6/h7-8,13,15,18H,9-12,14,16H2,1-6H3,(H2,26,27)(H,34,35). The highest BCUT2D eigenvalue weighted by Crippen LogP contribution is 2.36. The Labute approximate surface area is 218 Å². The van der Waals surface area contributed by atoms with Gasteiger partial charge in [-0.05, 0) is 23.6 Å². The van der Waals surface area contributed by atoms with Crippen molar-refractivity contribution in [2.45, 2.75) is 59.2 Å². The Bertz CT molecular complexity index is 1270. The van der Waals surface area contributed by atoms with E-state index in [9.17, 15) is 9.90 Å². The van der Waals surface area contributed by atoms with E-state index < -0.39 is 14.2 Å². The average Bonchev–Trinajstić information content (AvgIpc) is 3.19. The summed E-state index contributed by atoms with van der Waals surface area (Å²) in [5.41, 5.74) is 7.93. The lowest BCUT2D eigenvalue weighted by molar-refractivity contribution is 0.0747. The number of piperazine rings is 1. The third kappa shape index (κ3) is 6.01. The van der Waals surface area contributed by atoms with Gasteiger partial charge in [-0.1, -0.05) is 40.4 Å². The van der Waals surface area contributed by atoms with Crippen LogP contribution in [0, 0.1) is 5.41 Å². The van der Waals surface area contributed by atoms with Gasteiger partial charge in [0.2, 0.25) is 0 Å². The maximum Gasteiger partial charge on any atom is 0.407 e. The highest BCUT2D eigenvalue weighted by molar-refractivity contribution is 6.76. The number of nitrogen functional groups attached to an aromatic ring is 1. The van der Waals surface area contributed by atoms with Crippen LogP contribution in [0.1, 0.15) is 20.8 Å². The first-order valence-electron chi connectivity index (χ1n) is 12.6. The summed E-state index contributed by atoms with van der Waals surface area (Å²) < 4.78 is 7.79. The van der Waals surface area contributed by atoms with Gasteiger partial charge in [-0.15, -0.1) is 0 Å². The molecule has 37 heavy (non-hydrogen) atoms. The van der Waals surface area contributed by atoms with E-state index in [1.54, 1.807) is 16.9 Å². The normalized spacial score (nSPS) is 17.0. The third-order valence-electron chi connectivity index (χ3n) is 6.70. The molecule has 0 bridgehead atoms. The zero-order chi connectivity index (χ0) is 27.0. The van der Waals surface area contributed by atoms with Crippen LogP contribution in [0.25, 0.3) is 22.3 Å². The zero-order valence-corrected chi connectivity index (χ0v) is 23.6. The highest BCUT2D eigenvalue weighted by atomic mass is 28.3. The number of hydrogen-bond donors (Lipinski definition) is 2. The lowest BCUT2D eigenvalue weighted by Crippen LogP contribution is -2.59. The van der Waals surface area contributed by atoms with E-state index in [4.69, 9.17) is 15.6 Å². The quantitative estimate of drug-likeness (QED) is 0.346. The SMILES string of the molecule is CC(C)(C)C1CN(c2ncnc3c2c(-c2ccnc(N)c2)nn3COCC[Si](C)(C)C)CCN1C(=O)O. The number of ether oxygens (including phenoxy) is 1. The molecule has 3 N–H and O–H groups in total. The third-order valence-corrected chi connectivity index (χ3v) is 8.40. The fraction of sp³-hybridized carbons (Fsp3) is 0.560. The zero-order valence-electron chi connectivity index (χ0n) is 22.6. The summed E-state index contributed by atoms with van der Waals surface area (Å²) in [5, 5.41) is 15.5. The van der Waals surface area contributed by atoms with Crippen LogP contribution in [0.2, 0.25) is 25.7 Å². The van der Waals surface area contributed by atoms with Crippen LogP contribution in [0.4, 0.5) is 16.4 Å². The topological polar surface area (TPSA) is 136 Å². The van der Waals surface area contributed by atoms with Crippen LogP contribution in [-0.4, -0.2) is 81.2 Å². The van der Waals surface area contributed by atoms with Gasteiger partial charge in [0.05, 0.1) is 11.4 Å². The number of rotatable bonds is 7. The summed E-state index contributed by atoms with van der Waals surface area (Å²) in [6.45, 7) is 15.5. The molecule has 3 aromatic heterocycles. The molecule has 1 aliphatic rings. The molecule has 0 aliphatic carbocycles. The van der Waals surface area contributed by atoms with E-state index in [0.29, 0.717) is 43.4 Å². The molecule has 11 nitrogen and oxygen atoms in total. The lowest BCUT2D eigenvalue weighted by atomic mass is 9.84. The Morgan fingerprint density at radius 1 is 1.22 bits per heavy atom. The minimum absolute atomic E-state index is 0.205. The Balaban J connectivity index is 1.76. The van der Waals surface area contributed by atoms with Crippen LogP contribution in [0.3, 0.4) is 0 Å². The Morgan fingerprint density at radius 2 is 1.97 bits per heavy atom. The second-order valence-corrected chi connectivity index (χ2v) is 17.5. The highest BCUT2D eigenvalue weighted by Gasteiger charge is 2.39. The van der Waals surface area contributed by atoms with Crippen molar-refractivity contribution in [1.29, 1.82) is 0 Å². The Morgan fingerprint density at radius 3 is 2.62 bits per heavy atom. The molecule has 200 valence electrons. The van der Waals surface area contributed by atoms with Gasteiger partial charge in [-0.3, -0.25) is 0 Å². The van der Waals surface area contributed by atoms with Crippen LogP contribution < -0.4 is 10.6 Å². The van der Waals surface area contributed by atoms with E-state index in [0.717, 1.165) is 22.8 Å². The molecule has 3 aromatic rings. The largest absolute Gasteiger partial charge is 0.465 e. The van der Waals surface area contributed by atoms with Crippen LogP contribution in [0.5, 0.6) is 0 Å². The minimum Gasteiger partial charge on any atom is -0.465 e. The Kier molecular flexibility index (Phi) is 7.42. The second kappa shape index (κ2) is 10.2. The number of carbonyl (C=O) groups is 1. The molecule has 4 heterocycles. The molecule has 0 radical (unpaired) electrons. The molecule has 1 fully saturated rings. The molecule has 1 saturated heterocycles. The van der Waals surface area contributed by atoms with Crippen LogP contribution in [0.15, 0.2) is 24.7 Å². The predicted octanol–water partition coefficient (Wildman–Crippen LogP) is 4.00. The first-order valence-corrected chi connectivity index (χ1v) is 16.3. The maximum absolute atomic E-state index is 12.0. The first kappa shape index (κ1) is 26.8. The molecular formula is C25H38N8O3Si. The van der Waals surface area contributed by atoms with Gasteiger partial charge in [0.1, 0.15) is 30.4 Å². The van der Waals surface area contributed by atoms with E-state index in [-0.39, 0.29) is 18.2 Å². The van der Waals surface area contributed by atoms with Gasteiger partial charge in [0.25, 0.3) is 0 Å². The second-order valence-electron chi connectivity index (χ2n) is 11.9. The molecule has 0 saturated carbocycles. The van der Waals surface area contributed by atoms with Crippen molar-refractivity contribution in [1.82, 2.24) is 29.6 Å². The van der Waals surface area contributed by atoms with Gasteiger partial charge in [0, 0.05) is 46.1 Å². The summed E-state index contributed by atoms with van der Waals surface area (Å²) in [4.78, 5) is 29.0. The number of nitrogens with two attached hydrogens (primary N) is 1. The lowest BCUT2D eigenvalue weighted by Gasteiger charge is -2.46. The molecule has 1 aliphatic heterocycles. The van der Waals surface area contributed by atoms with E-state index in [1.165, 1.54) is 11.2 Å². The van der Waals surface area contributed by atoms with Gasteiger partial charge in [0.15, 0.2) is 5.65 Å². The molecule has 0 aromatic carbocycles. The summed E-state index contributed by atoms with van der Waals surface area (Å²) in [7, 11) is -1.22. The fourth-order valence-corrected chi connectivity index (χ4v) is 5.35. The van der Waals surface area contributed by atoms with Gasteiger partial charge in [-0.25, -0.2) is 24.4 Å². The smallest absolute Gasteiger partial charge is 0.407 e. The Hall–Kier alpha value is -3.25. The maximum atomic E-state index is 12.0. The number of amides is 1. The van der Waals surface area contributed by atoms with Gasteiger partial charge < -0.3 is 25.4 Å². The van der Waals surface area contributed by atoms with Crippen LogP contribution >= 0.6 is 0 Å². The van der Waals surface area contributed by atoms with E-state index >= 15 is 0 Å². The van der Waals surface area contributed by atoms with Crippen molar-refractivity contribution in [3.05, 3.63) is 24.7 Å². The predicted molar refractivity (Wildman–Crippen MR) is 147 cm³/mol. The van der Waals surface area contributed by atoms with Crippen molar-refractivity contribution in [2.24, 2.45) is 5.41 Å². The summed E-state index contributed by atoms with van der Waals surface area (Å²) >= 11 is 0. The number of hydrogen-bond acceptors (Lipinski definition) is 8. The van der Waals surface area contributed by atoms with Crippen molar-refractivity contribution in [3.63, 3.8) is 0 Å². The first-order chi connectivity index (χ1) is 17.3. The molecule has 12 heteroatoms. The molecular weight excluding hydrogens is 488 g/mol.